The monoisotopic (exact) mass is 337 g/mol. The zero-order valence-electron chi connectivity index (χ0n) is 13.2. The molecule has 1 saturated heterocycles. The lowest BCUT2D eigenvalue weighted by molar-refractivity contribution is -0.136. The van der Waals surface area contributed by atoms with Gasteiger partial charge in [0.1, 0.15) is 6.04 Å². The largest absolute Gasteiger partial charge is 0.345 e. The topological polar surface area (TPSA) is 69.7 Å². The van der Waals surface area contributed by atoms with Crippen LogP contribution in [0.1, 0.15) is 24.2 Å². The predicted octanol–water partition coefficient (Wildman–Crippen LogP) is 1.15. The van der Waals surface area contributed by atoms with Crippen molar-refractivity contribution in [2.24, 2.45) is 0 Å². The second-order valence-electron chi connectivity index (χ2n) is 5.55. The van der Waals surface area contributed by atoms with Gasteiger partial charge in [0, 0.05) is 43.7 Å². The number of nitrogens with one attached hydrogen (secondary N) is 1. The van der Waals surface area contributed by atoms with Crippen LogP contribution in [-0.2, 0) is 9.59 Å². The van der Waals surface area contributed by atoms with Gasteiger partial charge in [-0.2, -0.15) is 0 Å². The second-order valence-corrected chi connectivity index (χ2v) is 5.99. The molecular weight excluding hydrogens is 318 g/mol. The Morgan fingerprint density at radius 2 is 1.74 bits per heavy atom. The van der Waals surface area contributed by atoms with Gasteiger partial charge in [-0.25, -0.2) is 0 Å². The number of halogens is 1. The molecule has 2 rings (SSSR count). The van der Waals surface area contributed by atoms with Crippen LogP contribution in [0.25, 0.3) is 0 Å². The van der Waals surface area contributed by atoms with Gasteiger partial charge in [0.15, 0.2) is 0 Å². The third kappa shape index (κ3) is 4.45. The van der Waals surface area contributed by atoms with Crippen molar-refractivity contribution in [1.29, 1.82) is 0 Å². The van der Waals surface area contributed by atoms with Crippen LogP contribution in [0.2, 0.25) is 5.02 Å². The first-order valence-corrected chi connectivity index (χ1v) is 7.87. The van der Waals surface area contributed by atoms with Crippen molar-refractivity contribution in [3.63, 3.8) is 0 Å². The van der Waals surface area contributed by atoms with Crippen LogP contribution in [0.5, 0.6) is 0 Å². The van der Waals surface area contributed by atoms with Gasteiger partial charge in [-0.05, 0) is 25.1 Å². The van der Waals surface area contributed by atoms with Gasteiger partial charge in [-0.3, -0.25) is 14.4 Å². The smallest absolute Gasteiger partial charge is 0.254 e. The normalized spacial score (nSPS) is 16.0. The molecule has 1 N–H and O–H groups in total. The molecule has 0 aromatic heterocycles. The Kier molecular flexibility index (Phi) is 5.60. The Hall–Kier alpha value is -2.08. The van der Waals surface area contributed by atoms with E-state index in [2.05, 4.69) is 5.32 Å². The van der Waals surface area contributed by atoms with E-state index in [1.165, 1.54) is 6.92 Å². The second kappa shape index (κ2) is 7.46. The maximum atomic E-state index is 12.4. The lowest BCUT2D eigenvalue weighted by atomic mass is 10.1. The Labute approximate surface area is 140 Å². The number of carbonyl (C=O) groups excluding carboxylic acids is 3. The molecule has 0 radical (unpaired) electrons. The van der Waals surface area contributed by atoms with Crippen LogP contribution in [-0.4, -0.2) is 59.7 Å². The highest BCUT2D eigenvalue weighted by molar-refractivity contribution is 6.30. The molecule has 1 aromatic carbocycles. The molecule has 1 aliphatic heterocycles. The zero-order chi connectivity index (χ0) is 17.0. The minimum absolute atomic E-state index is 0.0884. The van der Waals surface area contributed by atoms with Crippen LogP contribution in [0, 0.1) is 0 Å². The van der Waals surface area contributed by atoms with Crippen LogP contribution in [0.15, 0.2) is 24.3 Å². The summed E-state index contributed by atoms with van der Waals surface area (Å²) in [6, 6.07) is 6.27. The molecule has 1 fully saturated rings. The fourth-order valence-corrected chi connectivity index (χ4v) is 2.76. The molecule has 0 bridgehead atoms. The van der Waals surface area contributed by atoms with Gasteiger partial charge >= 0.3 is 0 Å². The third-order valence-electron chi connectivity index (χ3n) is 3.74. The molecule has 6 nitrogen and oxygen atoms in total. The van der Waals surface area contributed by atoms with E-state index >= 15 is 0 Å². The SMILES string of the molecule is CC(=O)N[C@H](C)C(=O)N1CCN(C(=O)c2cccc(Cl)c2)CC1. The molecule has 124 valence electrons. The summed E-state index contributed by atoms with van der Waals surface area (Å²) in [5, 5.41) is 3.10. The average Bonchev–Trinajstić information content (AvgIpc) is 2.53. The summed E-state index contributed by atoms with van der Waals surface area (Å²) in [5.41, 5.74) is 0.545. The van der Waals surface area contributed by atoms with E-state index in [0.717, 1.165) is 0 Å². The summed E-state index contributed by atoms with van der Waals surface area (Å²) in [5.74, 6) is -0.454. The molecule has 1 atom stereocenters. The first kappa shape index (κ1) is 17.3. The van der Waals surface area contributed by atoms with Gasteiger partial charge in [0.05, 0.1) is 0 Å². The third-order valence-corrected chi connectivity index (χ3v) is 3.98. The van der Waals surface area contributed by atoms with E-state index in [1.54, 1.807) is 41.0 Å². The molecule has 7 heteroatoms. The number of piperazine rings is 1. The highest BCUT2D eigenvalue weighted by Crippen LogP contribution is 2.14. The van der Waals surface area contributed by atoms with Crippen LogP contribution in [0.3, 0.4) is 0 Å². The molecule has 23 heavy (non-hydrogen) atoms. The summed E-state index contributed by atoms with van der Waals surface area (Å²) in [7, 11) is 0. The van der Waals surface area contributed by atoms with Crippen molar-refractivity contribution in [3.8, 4) is 0 Å². The zero-order valence-corrected chi connectivity index (χ0v) is 14.0. The lowest BCUT2D eigenvalue weighted by Crippen LogP contribution is -2.55. The fourth-order valence-electron chi connectivity index (χ4n) is 2.57. The number of rotatable bonds is 3. The molecule has 0 aliphatic carbocycles. The molecule has 0 unspecified atom stereocenters. The van der Waals surface area contributed by atoms with Crippen LogP contribution in [0.4, 0.5) is 0 Å². The molecule has 3 amide bonds. The minimum atomic E-state index is -0.553. The molecule has 1 heterocycles. The first-order valence-electron chi connectivity index (χ1n) is 7.49. The number of carbonyl (C=O) groups is 3. The average molecular weight is 338 g/mol. The molecule has 0 spiro atoms. The summed E-state index contributed by atoms with van der Waals surface area (Å²) < 4.78 is 0. The number of nitrogens with zero attached hydrogens (tertiary/aromatic N) is 2. The van der Waals surface area contributed by atoms with Crippen LogP contribution < -0.4 is 5.32 Å². The van der Waals surface area contributed by atoms with Crippen LogP contribution >= 0.6 is 11.6 Å². The Balaban J connectivity index is 1.92. The van der Waals surface area contributed by atoms with E-state index in [1.807, 2.05) is 0 Å². The number of hydrogen-bond donors (Lipinski definition) is 1. The van der Waals surface area contributed by atoms with E-state index < -0.39 is 6.04 Å². The summed E-state index contributed by atoms with van der Waals surface area (Å²) in [6.07, 6.45) is 0. The molecular formula is C16H20ClN3O3. The predicted molar refractivity (Wildman–Crippen MR) is 87.2 cm³/mol. The first-order chi connectivity index (χ1) is 10.9. The van der Waals surface area contributed by atoms with E-state index in [9.17, 15) is 14.4 Å². The van der Waals surface area contributed by atoms with Gasteiger partial charge in [0.2, 0.25) is 11.8 Å². The van der Waals surface area contributed by atoms with Gasteiger partial charge < -0.3 is 15.1 Å². The van der Waals surface area contributed by atoms with Crippen molar-refractivity contribution in [2.45, 2.75) is 19.9 Å². The van der Waals surface area contributed by atoms with Crippen molar-refractivity contribution >= 4 is 29.3 Å². The van der Waals surface area contributed by atoms with Crippen molar-refractivity contribution in [3.05, 3.63) is 34.9 Å². The highest BCUT2D eigenvalue weighted by atomic mass is 35.5. The quantitative estimate of drug-likeness (QED) is 0.899. The lowest BCUT2D eigenvalue weighted by Gasteiger charge is -2.36. The molecule has 1 aromatic rings. The number of hydrogen-bond acceptors (Lipinski definition) is 3. The summed E-state index contributed by atoms with van der Waals surface area (Å²) in [4.78, 5) is 39.0. The Morgan fingerprint density at radius 3 is 2.30 bits per heavy atom. The number of benzene rings is 1. The Bertz CT molecular complexity index is 612. The molecule has 0 saturated carbocycles. The highest BCUT2D eigenvalue weighted by Gasteiger charge is 2.27. The fraction of sp³-hybridized carbons (Fsp3) is 0.438. The maximum Gasteiger partial charge on any atom is 0.254 e. The maximum absolute atomic E-state index is 12.4. The standard InChI is InChI=1S/C16H20ClN3O3/c1-11(18-12(2)21)15(22)19-6-8-20(9-7-19)16(23)13-4-3-5-14(17)10-13/h3-5,10-11H,6-9H2,1-2H3,(H,18,21)/t11-/m1/s1. The number of amides is 3. The van der Waals surface area contributed by atoms with Crippen molar-refractivity contribution in [1.82, 2.24) is 15.1 Å². The van der Waals surface area contributed by atoms with Crippen molar-refractivity contribution in [2.75, 3.05) is 26.2 Å². The molecule has 1 aliphatic rings. The van der Waals surface area contributed by atoms with Crippen molar-refractivity contribution < 1.29 is 14.4 Å². The van der Waals surface area contributed by atoms with E-state index in [0.29, 0.717) is 36.8 Å². The van der Waals surface area contributed by atoms with Gasteiger partial charge in [0.25, 0.3) is 5.91 Å². The van der Waals surface area contributed by atoms with E-state index in [-0.39, 0.29) is 17.7 Å². The summed E-state index contributed by atoms with van der Waals surface area (Å²) in [6.45, 7) is 4.87. The Morgan fingerprint density at radius 1 is 1.13 bits per heavy atom. The summed E-state index contributed by atoms with van der Waals surface area (Å²) >= 11 is 5.91. The van der Waals surface area contributed by atoms with E-state index in [4.69, 9.17) is 11.6 Å². The van der Waals surface area contributed by atoms with Gasteiger partial charge in [-0.15, -0.1) is 0 Å². The van der Waals surface area contributed by atoms with Gasteiger partial charge in [-0.1, -0.05) is 17.7 Å². The minimum Gasteiger partial charge on any atom is -0.345 e.